The lowest BCUT2D eigenvalue weighted by Crippen LogP contribution is -2.27. The molecule has 2 heterocycles. The van der Waals surface area contributed by atoms with E-state index in [1.165, 1.54) is 0 Å². The van der Waals surface area contributed by atoms with Gasteiger partial charge >= 0.3 is 0 Å². The van der Waals surface area contributed by atoms with E-state index in [9.17, 15) is 4.79 Å². The minimum absolute atomic E-state index is 0.161. The molecule has 6 heteroatoms. The highest BCUT2D eigenvalue weighted by atomic mass is 16.1. The van der Waals surface area contributed by atoms with Crippen molar-refractivity contribution >= 4 is 16.9 Å². The number of hydrogen-bond donors (Lipinski definition) is 2. The molecule has 0 radical (unpaired) electrons. The molecule has 0 aliphatic rings. The number of carbonyl (C=O) groups is 1. The van der Waals surface area contributed by atoms with Crippen LogP contribution in [-0.2, 0) is 7.05 Å². The van der Waals surface area contributed by atoms with Crippen molar-refractivity contribution in [3.8, 4) is 0 Å². The number of amides is 1. The number of para-hydroxylation sites is 2. The first-order valence-corrected chi connectivity index (χ1v) is 6.37. The summed E-state index contributed by atoms with van der Waals surface area (Å²) in [5.74, 6) is 0.578. The number of aromatic nitrogens is 4. The molecule has 1 aromatic carbocycles. The Morgan fingerprint density at radius 1 is 1.40 bits per heavy atom. The predicted molar refractivity (Wildman–Crippen MR) is 75.2 cm³/mol. The summed E-state index contributed by atoms with van der Waals surface area (Å²) in [6.45, 7) is 1.89. The summed E-state index contributed by atoms with van der Waals surface area (Å²) < 4.78 is 1.60. The summed E-state index contributed by atoms with van der Waals surface area (Å²) in [6, 6.07) is 7.58. The number of benzene rings is 1. The zero-order valence-corrected chi connectivity index (χ0v) is 11.3. The molecule has 2 N–H and O–H groups in total. The lowest BCUT2D eigenvalue weighted by Gasteiger charge is -2.10. The fourth-order valence-electron chi connectivity index (χ4n) is 2.06. The van der Waals surface area contributed by atoms with Crippen LogP contribution in [0.5, 0.6) is 0 Å². The molecule has 3 rings (SSSR count). The molecule has 2 aromatic heterocycles. The molecule has 0 unspecified atom stereocenters. The standard InChI is InChI=1S/C14H15N5O/c1-9(16-14(20)10-7-15-19(2)8-10)13-17-11-5-3-4-6-12(11)18-13/h3-9H,1-2H3,(H,16,20)(H,17,18)/t9-/m1/s1. The van der Waals surface area contributed by atoms with E-state index in [0.29, 0.717) is 5.56 Å². The second-order valence-electron chi connectivity index (χ2n) is 4.74. The maximum Gasteiger partial charge on any atom is 0.255 e. The van der Waals surface area contributed by atoms with Gasteiger partial charge in [-0.1, -0.05) is 12.1 Å². The summed E-state index contributed by atoms with van der Waals surface area (Å²) in [7, 11) is 1.78. The predicted octanol–water partition coefficient (Wildman–Crippen LogP) is 1.79. The first-order valence-electron chi connectivity index (χ1n) is 6.37. The summed E-state index contributed by atoms with van der Waals surface area (Å²) in [6.07, 6.45) is 3.22. The van der Waals surface area contributed by atoms with Crippen LogP contribution < -0.4 is 5.32 Å². The first-order chi connectivity index (χ1) is 9.63. The highest BCUT2D eigenvalue weighted by molar-refractivity contribution is 5.93. The Morgan fingerprint density at radius 3 is 2.90 bits per heavy atom. The average molecular weight is 269 g/mol. The molecule has 102 valence electrons. The minimum Gasteiger partial charge on any atom is -0.342 e. The van der Waals surface area contributed by atoms with Gasteiger partial charge in [0.25, 0.3) is 5.91 Å². The molecule has 1 atom stereocenters. The Balaban J connectivity index is 1.78. The molecule has 3 aromatic rings. The van der Waals surface area contributed by atoms with Crippen LogP contribution in [0.2, 0.25) is 0 Å². The zero-order chi connectivity index (χ0) is 14.1. The van der Waals surface area contributed by atoms with Gasteiger partial charge in [-0.2, -0.15) is 5.10 Å². The summed E-state index contributed by atoms with van der Waals surface area (Å²) >= 11 is 0. The Hall–Kier alpha value is -2.63. The van der Waals surface area contributed by atoms with Crippen molar-refractivity contribution in [2.75, 3.05) is 0 Å². The van der Waals surface area contributed by atoms with Crippen molar-refractivity contribution in [3.63, 3.8) is 0 Å². The molecule has 0 saturated heterocycles. The molecule has 0 aliphatic heterocycles. The van der Waals surface area contributed by atoms with E-state index in [-0.39, 0.29) is 11.9 Å². The summed E-state index contributed by atoms with van der Waals surface area (Å²) in [5, 5.41) is 6.89. The number of aromatic amines is 1. The van der Waals surface area contributed by atoms with E-state index in [1.807, 2.05) is 31.2 Å². The van der Waals surface area contributed by atoms with Crippen LogP contribution in [0.4, 0.5) is 0 Å². The Kier molecular flexibility index (Phi) is 2.98. The van der Waals surface area contributed by atoms with Gasteiger partial charge in [-0.05, 0) is 19.1 Å². The van der Waals surface area contributed by atoms with Crippen LogP contribution in [0.15, 0.2) is 36.7 Å². The molecule has 0 saturated carbocycles. The molecule has 0 bridgehead atoms. The normalized spacial score (nSPS) is 12.5. The number of rotatable bonds is 3. The molecule has 0 spiro atoms. The third kappa shape index (κ3) is 2.27. The topological polar surface area (TPSA) is 75.6 Å². The van der Waals surface area contributed by atoms with Gasteiger partial charge < -0.3 is 10.3 Å². The van der Waals surface area contributed by atoms with Crippen molar-refractivity contribution in [1.82, 2.24) is 25.1 Å². The van der Waals surface area contributed by atoms with Crippen LogP contribution in [0.25, 0.3) is 11.0 Å². The van der Waals surface area contributed by atoms with E-state index in [2.05, 4.69) is 20.4 Å². The number of fused-ring (bicyclic) bond motifs is 1. The average Bonchev–Trinajstić information content (AvgIpc) is 3.04. The highest BCUT2D eigenvalue weighted by Crippen LogP contribution is 2.15. The van der Waals surface area contributed by atoms with Crippen LogP contribution in [-0.4, -0.2) is 25.7 Å². The van der Waals surface area contributed by atoms with Crippen molar-refractivity contribution in [1.29, 1.82) is 0 Å². The van der Waals surface area contributed by atoms with Crippen molar-refractivity contribution in [2.24, 2.45) is 7.05 Å². The fraction of sp³-hybridized carbons (Fsp3) is 0.214. The smallest absolute Gasteiger partial charge is 0.255 e. The molecule has 6 nitrogen and oxygen atoms in total. The maximum absolute atomic E-state index is 12.1. The van der Waals surface area contributed by atoms with Gasteiger partial charge in [-0.15, -0.1) is 0 Å². The van der Waals surface area contributed by atoms with Crippen molar-refractivity contribution < 1.29 is 4.79 Å². The van der Waals surface area contributed by atoms with E-state index in [4.69, 9.17) is 0 Å². The lowest BCUT2D eigenvalue weighted by atomic mass is 10.2. The molecule has 20 heavy (non-hydrogen) atoms. The third-order valence-electron chi connectivity index (χ3n) is 3.13. The van der Waals surface area contributed by atoms with Gasteiger partial charge in [0.15, 0.2) is 0 Å². The lowest BCUT2D eigenvalue weighted by molar-refractivity contribution is 0.0938. The van der Waals surface area contributed by atoms with Crippen LogP contribution in [0, 0.1) is 0 Å². The number of H-pyrrole nitrogens is 1. The van der Waals surface area contributed by atoms with E-state index >= 15 is 0 Å². The highest BCUT2D eigenvalue weighted by Gasteiger charge is 2.15. The Labute approximate surface area is 115 Å². The number of nitrogens with one attached hydrogen (secondary N) is 2. The van der Waals surface area contributed by atoms with Gasteiger partial charge in [0.2, 0.25) is 0 Å². The number of nitrogens with zero attached hydrogens (tertiary/aromatic N) is 3. The van der Waals surface area contributed by atoms with Crippen molar-refractivity contribution in [3.05, 3.63) is 48.0 Å². The Morgan fingerprint density at radius 2 is 2.20 bits per heavy atom. The van der Waals surface area contributed by atoms with Gasteiger partial charge in [-0.25, -0.2) is 4.98 Å². The minimum atomic E-state index is -0.199. The summed E-state index contributed by atoms with van der Waals surface area (Å²) in [5.41, 5.74) is 2.39. The first kappa shape index (κ1) is 12.4. The second-order valence-corrected chi connectivity index (χ2v) is 4.74. The van der Waals surface area contributed by atoms with Gasteiger partial charge in [0.05, 0.1) is 28.8 Å². The van der Waals surface area contributed by atoms with Crippen molar-refractivity contribution in [2.45, 2.75) is 13.0 Å². The Bertz CT molecular complexity index is 725. The number of imidazole rings is 1. The quantitative estimate of drug-likeness (QED) is 0.761. The van der Waals surface area contributed by atoms with Gasteiger partial charge in [0.1, 0.15) is 5.82 Å². The van der Waals surface area contributed by atoms with Gasteiger partial charge in [-0.3, -0.25) is 9.48 Å². The summed E-state index contributed by atoms with van der Waals surface area (Å²) in [4.78, 5) is 19.7. The largest absolute Gasteiger partial charge is 0.342 e. The second kappa shape index (κ2) is 4.80. The molecule has 0 fully saturated rings. The molecule has 1 amide bonds. The van der Waals surface area contributed by atoms with Crippen LogP contribution in [0.1, 0.15) is 29.1 Å². The SMILES string of the molecule is C[C@@H](NC(=O)c1cnn(C)c1)c1nc2ccccc2[nH]1. The number of aryl methyl sites for hydroxylation is 1. The molecule has 0 aliphatic carbocycles. The van der Waals surface area contributed by atoms with E-state index < -0.39 is 0 Å². The maximum atomic E-state index is 12.1. The van der Waals surface area contributed by atoms with Crippen LogP contribution in [0.3, 0.4) is 0 Å². The molecular weight excluding hydrogens is 254 g/mol. The van der Waals surface area contributed by atoms with Gasteiger partial charge in [0, 0.05) is 13.2 Å². The van der Waals surface area contributed by atoms with E-state index in [1.54, 1.807) is 24.1 Å². The monoisotopic (exact) mass is 269 g/mol. The van der Waals surface area contributed by atoms with Crippen LogP contribution >= 0.6 is 0 Å². The zero-order valence-electron chi connectivity index (χ0n) is 11.3. The molecular formula is C14H15N5O. The third-order valence-corrected chi connectivity index (χ3v) is 3.13. The number of hydrogen-bond acceptors (Lipinski definition) is 3. The van der Waals surface area contributed by atoms with E-state index in [0.717, 1.165) is 16.9 Å². The fourth-order valence-corrected chi connectivity index (χ4v) is 2.06. The number of carbonyl (C=O) groups excluding carboxylic acids is 1.